The van der Waals surface area contributed by atoms with E-state index in [1.165, 1.54) is 25.3 Å². The van der Waals surface area contributed by atoms with Gasteiger partial charge in [-0.25, -0.2) is 4.90 Å². The molecule has 2 aliphatic carbocycles. The van der Waals surface area contributed by atoms with Crippen LogP contribution in [0.1, 0.15) is 22.3 Å². The summed E-state index contributed by atoms with van der Waals surface area (Å²) in [6, 6.07) is 41.6. The molecule has 0 radical (unpaired) electrons. The van der Waals surface area contributed by atoms with Gasteiger partial charge < -0.3 is 4.74 Å². The summed E-state index contributed by atoms with van der Waals surface area (Å²) in [5.41, 5.74) is 0.904. The summed E-state index contributed by atoms with van der Waals surface area (Å²) in [6.07, 6.45) is 0. The third-order valence-electron chi connectivity index (χ3n) is 10.2. The number of methoxy groups -OCH3 is 1. The maximum atomic E-state index is 15.9. The Hall–Kier alpha value is -6.15. The molecule has 0 spiro atoms. The number of anilines is 1. The van der Waals surface area contributed by atoms with Crippen molar-refractivity contribution in [1.82, 2.24) is 0 Å². The van der Waals surface area contributed by atoms with Crippen molar-refractivity contribution in [3.63, 3.8) is 0 Å². The molecule has 1 saturated heterocycles. The van der Waals surface area contributed by atoms with Gasteiger partial charge in [0, 0.05) is 6.07 Å². The normalized spacial score (nSPS) is 24.3. The standard InChI is InChI=1S/C40H28N2O6/c1-48-31-24-29(42(46)47)22-23-30(31)41-36(43)34-35(37(41)44)40(28-20-12-5-13-21-28)33(26-16-8-3-9-17-26)32(25-14-6-2-7-15-25)39(34,38(40)45)27-18-10-4-11-19-27/h2-24,34-35H,1H3/t34-,35-,39+,40+/m1/s1. The molecule has 0 N–H and O–H groups in total. The molecule has 1 aliphatic heterocycles. The summed E-state index contributed by atoms with van der Waals surface area (Å²) in [6.45, 7) is 0. The highest BCUT2D eigenvalue weighted by Crippen LogP contribution is 2.74. The zero-order valence-electron chi connectivity index (χ0n) is 25.8. The number of ether oxygens (including phenoxy) is 1. The minimum Gasteiger partial charge on any atom is -0.494 e. The maximum absolute atomic E-state index is 15.9. The van der Waals surface area contributed by atoms with Crippen LogP contribution in [0, 0.1) is 22.0 Å². The van der Waals surface area contributed by atoms with E-state index < -0.39 is 39.4 Å². The zero-order chi connectivity index (χ0) is 33.2. The zero-order valence-corrected chi connectivity index (χ0v) is 25.8. The van der Waals surface area contributed by atoms with Crippen molar-refractivity contribution >= 4 is 40.1 Å². The first kappa shape index (κ1) is 29.3. The van der Waals surface area contributed by atoms with Crippen LogP contribution in [0.15, 0.2) is 140 Å². The van der Waals surface area contributed by atoms with E-state index in [1.807, 2.05) is 121 Å². The smallest absolute Gasteiger partial charge is 0.273 e. The van der Waals surface area contributed by atoms with Gasteiger partial charge in [-0.15, -0.1) is 0 Å². The minimum absolute atomic E-state index is 0.00611. The van der Waals surface area contributed by atoms with Crippen LogP contribution in [-0.4, -0.2) is 29.6 Å². The van der Waals surface area contributed by atoms with E-state index in [-0.39, 0.29) is 22.9 Å². The van der Waals surface area contributed by atoms with E-state index in [0.29, 0.717) is 22.3 Å². The van der Waals surface area contributed by atoms with Crippen molar-refractivity contribution in [1.29, 1.82) is 0 Å². The lowest BCUT2D eigenvalue weighted by atomic mass is 9.59. The number of benzene rings is 5. The molecular weight excluding hydrogens is 604 g/mol. The lowest BCUT2D eigenvalue weighted by Gasteiger charge is -2.39. The number of fused-ring (bicyclic) bond motifs is 5. The van der Waals surface area contributed by atoms with E-state index in [1.54, 1.807) is 0 Å². The van der Waals surface area contributed by atoms with Crippen molar-refractivity contribution in [2.24, 2.45) is 11.8 Å². The Morgan fingerprint density at radius 2 is 1.04 bits per heavy atom. The number of nitro groups is 1. The van der Waals surface area contributed by atoms with Gasteiger partial charge in [0.15, 0.2) is 5.78 Å². The molecule has 8 nitrogen and oxygen atoms in total. The predicted molar refractivity (Wildman–Crippen MR) is 180 cm³/mol. The van der Waals surface area contributed by atoms with Crippen molar-refractivity contribution in [3.05, 3.63) is 172 Å². The first-order chi connectivity index (χ1) is 23.4. The molecule has 3 aliphatic rings. The topological polar surface area (TPSA) is 107 Å². The monoisotopic (exact) mass is 632 g/mol. The van der Waals surface area contributed by atoms with Gasteiger partial charge in [-0.3, -0.25) is 24.5 Å². The molecule has 0 aromatic heterocycles. The Bertz CT molecular complexity index is 2050. The highest BCUT2D eigenvalue weighted by Gasteiger charge is 2.82. The molecule has 4 atom stereocenters. The molecule has 2 amide bonds. The molecule has 1 heterocycles. The molecule has 8 heteroatoms. The number of rotatable bonds is 7. The fourth-order valence-electron chi connectivity index (χ4n) is 8.54. The number of allylic oxidation sites excluding steroid dienone is 2. The fourth-order valence-corrected chi connectivity index (χ4v) is 8.54. The molecule has 8 rings (SSSR count). The number of carbonyl (C=O) groups excluding carboxylic acids is 3. The van der Waals surface area contributed by atoms with Crippen LogP contribution in [0.25, 0.3) is 11.1 Å². The van der Waals surface area contributed by atoms with Crippen LogP contribution >= 0.6 is 0 Å². The van der Waals surface area contributed by atoms with Gasteiger partial charge in [0.1, 0.15) is 5.75 Å². The average Bonchev–Trinajstić information content (AvgIpc) is 3.64. The second kappa shape index (κ2) is 10.7. The van der Waals surface area contributed by atoms with E-state index in [4.69, 9.17) is 4.74 Å². The third-order valence-corrected chi connectivity index (χ3v) is 10.2. The molecule has 1 saturated carbocycles. The summed E-state index contributed by atoms with van der Waals surface area (Å²) in [5.74, 6) is -3.59. The van der Waals surface area contributed by atoms with Crippen LogP contribution in [0.2, 0.25) is 0 Å². The van der Waals surface area contributed by atoms with Crippen molar-refractivity contribution < 1.29 is 24.0 Å². The second-order valence-electron chi connectivity index (χ2n) is 12.2. The molecule has 234 valence electrons. The molecular formula is C40H28N2O6. The predicted octanol–water partition coefficient (Wildman–Crippen LogP) is 6.79. The van der Waals surface area contributed by atoms with Crippen LogP contribution in [0.3, 0.4) is 0 Å². The van der Waals surface area contributed by atoms with Gasteiger partial charge in [-0.1, -0.05) is 121 Å². The third kappa shape index (κ3) is 3.62. The summed E-state index contributed by atoms with van der Waals surface area (Å²) in [4.78, 5) is 58.3. The number of carbonyl (C=O) groups is 3. The Morgan fingerprint density at radius 1 is 0.625 bits per heavy atom. The highest BCUT2D eigenvalue weighted by atomic mass is 16.6. The van der Waals surface area contributed by atoms with Crippen LogP contribution < -0.4 is 9.64 Å². The Labute approximate surface area is 276 Å². The Kier molecular flexibility index (Phi) is 6.53. The number of imide groups is 1. The van der Waals surface area contributed by atoms with Gasteiger partial charge in [0.25, 0.3) is 5.69 Å². The number of nitro benzene ring substituents is 1. The van der Waals surface area contributed by atoms with Gasteiger partial charge in [0.2, 0.25) is 11.8 Å². The summed E-state index contributed by atoms with van der Waals surface area (Å²) in [7, 11) is 1.33. The SMILES string of the molecule is COc1cc([N+](=O)[O-])ccc1N1C(=O)[C@H]2[C@H](C1=O)[C@@]1(c3ccccc3)C(=O)[C@@]2(c2ccccc2)C(c2ccccc2)=C1c1ccccc1. The van der Waals surface area contributed by atoms with Gasteiger partial charge in [-0.05, 0) is 39.5 Å². The lowest BCUT2D eigenvalue weighted by Crippen LogP contribution is -2.45. The van der Waals surface area contributed by atoms with Gasteiger partial charge in [-0.2, -0.15) is 0 Å². The van der Waals surface area contributed by atoms with Gasteiger partial charge in [0.05, 0.1) is 46.5 Å². The number of hydrogen-bond acceptors (Lipinski definition) is 6. The largest absolute Gasteiger partial charge is 0.494 e. The first-order valence-electron chi connectivity index (χ1n) is 15.6. The van der Waals surface area contributed by atoms with E-state index >= 15 is 14.4 Å². The second-order valence-corrected chi connectivity index (χ2v) is 12.2. The fraction of sp³-hybridized carbons (Fsp3) is 0.125. The number of non-ortho nitro benzene ring substituents is 1. The quantitative estimate of drug-likeness (QED) is 0.111. The number of Topliss-reactive ketones (excluding diaryl/α,β-unsaturated/α-hetero) is 1. The summed E-state index contributed by atoms with van der Waals surface area (Å²) >= 11 is 0. The number of hydrogen-bond donors (Lipinski definition) is 0. The summed E-state index contributed by atoms with van der Waals surface area (Å²) < 4.78 is 5.53. The van der Waals surface area contributed by atoms with Gasteiger partial charge >= 0.3 is 0 Å². The van der Waals surface area contributed by atoms with Crippen molar-refractivity contribution in [3.8, 4) is 5.75 Å². The molecule has 0 unspecified atom stereocenters. The maximum Gasteiger partial charge on any atom is 0.273 e. The molecule has 5 aromatic carbocycles. The van der Waals surface area contributed by atoms with E-state index in [0.717, 1.165) is 16.0 Å². The number of amides is 2. The Balaban J connectivity index is 1.52. The molecule has 2 fully saturated rings. The minimum atomic E-state index is -1.55. The van der Waals surface area contributed by atoms with Crippen LogP contribution in [0.5, 0.6) is 5.75 Å². The Morgan fingerprint density at radius 3 is 1.44 bits per heavy atom. The van der Waals surface area contributed by atoms with Crippen molar-refractivity contribution in [2.75, 3.05) is 12.0 Å². The number of nitrogens with zero attached hydrogens (tertiary/aromatic N) is 2. The number of ketones is 1. The lowest BCUT2D eigenvalue weighted by molar-refractivity contribution is -0.384. The van der Waals surface area contributed by atoms with E-state index in [2.05, 4.69) is 0 Å². The molecule has 5 aromatic rings. The summed E-state index contributed by atoms with van der Waals surface area (Å²) in [5, 5.41) is 11.6. The van der Waals surface area contributed by atoms with E-state index in [9.17, 15) is 10.1 Å². The molecule has 48 heavy (non-hydrogen) atoms. The highest BCUT2D eigenvalue weighted by molar-refractivity contribution is 6.39. The van der Waals surface area contributed by atoms with Crippen molar-refractivity contribution in [2.45, 2.75) is 10.8 Å². The molecule has 2 bridgehead atoms. The van der Waals surface area contributed by atoms with Crippen LogP contribution in [0.4, 0.5) is 11.4 Å². The first-order valence-corrected chi connectivity index (χ1v) is 15.6. The average molecular weight is 633 g/mol. The van der Waals surface area contributed by atoms with Crippen LogP contribution in [-0.2, 0) is 25.2 Å².